The zero-order chi connectivity index (χ0) is 17.3. The maximum atomic E-state index is 12.3. The number of nitrogens with one attached hydrogen (secondary N) is 1. The lowest BCUT2D eigenvalue weighted by atomic mass is 10.1. The van der Waals surface area contributed by atoms with Crippen LogP contribution >= 0.6 is 0 Å². The molecule has 0 radical (unpaired) electrons. The summed E-state index contributed by atoms with van der Waals surface area (Å²) in [5, 5.41) is 3.04. The zero-order valence-electron chi connectivity index (χ0n) is 15.2. The number of nitrogens with zero attached hydrogens (tertiary/aromatic N) is 2. The van der Waals surface area contributed by atoms with Gasteiger partial charge in [-0.15, -0.1) is 0 Å². The Hall–Kier alpha value is -1.43. The van der Waals surface area contributed by atoms with Crippen molar-refractivity contribution in [2.45, 2.75) is 38.6 Å². The second-order valence-electron chi connectivity index (χ2n) is 7.18. The van der Waals surface area contributed by atoms with Gasteiger partial charge in [-0.25, -0.2) is 0 Å². The lowest BCUT2D eigenvalue weighted by Crippen LogP contribution is -2.35. The molecule has 0 atom stereocenters. The van der Waals surface area contributed by atoms with Crippen LogP contribution in [0.2, 0.25) is 0 Å². The van der Waals surface area contributed by atoms with E-state index in [1.165, 1.54) is 37.7 Å². The molecule has 2 heterocycles. The van der Waals surface area contributed by atoms with Crippen molar-refractivity contribution >= 4 is 11.6 Å². The van der Waals surface area contributed by atoms with Crippen LogP contribution in [-0.2, 0) is 16.1 Å². The zero-order valence-corrected chi connectivity index (χ0v) is 15.2. The van der Waals surface area contributed by atoms with E-state index in [4.69, 9.17) is 4.74 Å². The molecule has 138 valence electrons. The molecule has 1 aromatic carbocycles. The average molecular weight is 345 g/mol. The largest absolute Gasteiger partial charge is 0.379 e. The molecule has 2 aliphatic heterocycles. The van der Waals surface area contributed by atoms with E-state index < -0.39 is 0 Å². The highest BCUT2D eigenvalue weighted by atomic mass is 16.5. The molecule has 2 saturated heterocycles. The first-order valence-corrected chi connectivity index (χ1v) is 9.71. The molecule has 3 rings (SSSR count). The van der Waals surface area contributed by atoms with Gasteiger partial charge in [-0.05, 0) is 43.6 Å². The fourth-order valence-corrected chi connectivity index (χ4v) is 3.59. The van der Waals surface area contributed by atoms with E-state index in [1.807, 2.05) is 12.1 Å². The van der Waals surface area contributed by atoms with E-state index in [9.17, 15) is 4.79 Å². The van der Waals surface area contributed by atoms with E-state index in [0.717, 1.165) is 51.6 Å². The van der Waals surface area contributed by atoms with Crippen molar-refractivity contribution in [3.63, 3.8) is 0 Å². The number of amides is 1. The van der Waals surface area contributed by atoms with Gasteiger partial charge in [0.05, 0.1) is 19.8 Å². The van der Waals surface area contributed by atoms with E-state index in [2.05, 4.69) is 27.2 Å². The Balaban J connectivity index is 1.44. The third-order valence-electron chi connectivity index (χ3n) is 5.06. The Kier molecular flexibility index (Phi) is 7.27. The minimum atomic E-state index is 0.0986. The SMILES string of the molecule is O=C(CN1CCCCCCC1)Nc1ccc(CN2CCOCC2)cc1. The molecule has 1 N–H and O–H groups in total. The average Bonchev–Trinajstić information content (AvgIpc) is 2.60. The summed E-state index contributed by atoms with van der Waals surface area (Å²) in [6, 6.07) is 8.25. The molecule has 0 unspecified atom stereocenters. The number of anilines is 1. The van der Waals surface area contributed by atoms with Crippen molar-refractivity contribution in [3.05, 3.63) is 29.8 Å². The Morgan fingerprint density at radius 3 is 2.20 bits per heavy atom. The monoisotopic (exact) mass is 345 g/mol. The summed E-state index contributed by atoms with van der Waals surface area (Å²) < 4.78 is 5.38. The maximum absolute atomic E-state index is 12.3. The van der Waals surface area contributed by atoms with Gasteiger partial charge in [0.15, 0.2) is 0 Å². The molecule has 1 amide bonds. The lowest BCUT2D eigenvalue weighted by molar-refractivity contribution is -0.117. The Labute approximate surface area is 151 Å². The number of carbonyl (C=O) groups is 1. The first kappa shape index (κ1) is 18.4. The van der Waals surface area contributed by atoms with Crippen LogP contribution in [0.1, 0.15) is 37.7 Å². The molecule has 5 nitrogen and oxygen atoms in total. The van der Waals surface area contributed by atoms with Gasteiger partial charge in [0.2, 0.25) is 5.91 Å². The third-order valence-corrected chi connectivity index (χ3v) is 5.06. The van der Waals surface area contributed by atoms with Crippen molar-refractivity contribution < 1.29 is 9.53 Å². The summed E-state index contributed by atoms with van der Waals surface area (Å²) in [6.45, 7) is 7.19. The van der Waals surface area contributed by atoms with Gasteiger partial charge in [0.25, 0.3) is 0 Å². The third kappa shape index (κ3) is 6.42. The van der Waals surface area contributed by atoms with Crippen molar-refractivity contribution in [1.29, 1.82) is 0 Å². The highest BCUT2D eigenvalue weighted by Gasteiger charge is 2.13. The summed E-state index contributed by atoms with van der Waals surface area (Å²) in [7, 11) is 0. The van der Waals surface area contributed by atoms with Gasteiger partial charge < -0.3 is 10.1 Å². The Morgan fingerprint density at radius 2 is 1.52 bits per heavy atom. The predicted octanol–water partition coefficient (Wildman–Crippen LogP) is 2.72. The van der Waals surface area contributed by atoms with Crippen molar-refractivity contribution in [2.24, 2.45) is 0 Å². The molecule has 0 saturated carbocycles. The standard InChI is InChI=1S/C20H31N3O2/c24-20(17-22-10-4-2-1-3-5-11-22)21-19-8-6-18(7-9-19)16-23-12-14-25-15-13-23/h6-9H,1-5,10-17H2,(H,21,24). The second kappa shape index (κ2) is 9.90. The maximum Gasteiger partial charge on any atom is 0.238 e. The van der Waals surface area contributed by atoms with Crippen LogP contribution < -0.4 is 5.32 Å². The number of carbonyl (C=O) groups excluding carboxylic acids is 1. The Bertz CT molecular complexity index is 518. The summed E-state index contributed by atoms with van der Waals surface area (Å²) in [5.74, 6) is 0.0986. The van der Waals surface area contributed by atoms with Gasteiger partial charge in [0, 0.05) is 25.3 Å². The molecule has 0 aliphatic carbocycles. The number of benzene rings is 1. The number of likely N-dealkylation sites (tertiary alicyclic amines) is 1. The van der Waals surface area contributed by atoms with E-state index in [-0.39, 0.29) is 5.91 Å². The fourth-order valence-electron chi connectivity index (χ4n) is 3.59. The summed E-state index contributed by atoms with van der Waals surface area (Å²) in [4.78, 5) is 17.0. The number of hydrogen-bond donors (Lipinski definition) is 1. The fraction of sp³-hybridized carbons (Fsp3) is 0.650. The quantitative estimate of drug-likeness (QED) is 0.891. The molecule has 0 bridgehead atoms. The number of hydrogen-bond acceptors (Lipinski definition) is 4. The number of ether oxygens (including phenoxy) is 1. The van der Waals surface area contributed by atoms with Crippen LogP contribution in [0, 0.1) is 0 Å². The molecule has 1 aromatic rings. The summed E-state index contributed by atoms with van der Waals surface area (Å²) in [6.07, 6.45) is 6.36. The lowest BCUT2D eigenvalue weighted by Gasteiger charge is -2.26. The molecule has 25 heavy (non-hydrogen) atoms. The number of morpholine rings is 1. The first-order valence-electron chi connectivity index (χ1n) is 9.71. The molecule has 0 spiro atoms. The molecule has 5 heteroatoms. The van der Waals surface area contributed by atoms with Crippen LogP contribution in [0.3, 0.4) is 0 Å². The summed E-state index contributed by atoms with van der Waals surface area (Å²) in [5.41, 5.74) is 2.17. The topological polar surface area (TPSA) is 44.8 Å². The van der Waals surface area contributed by atoms with Gasteiger partial charge in [-0.1, -0.05) is 31.4 Å². The molecule has 0 aromatic heterocycles. The minimum Gasteiger partial charge on any atom is -0.379 e. The normalized spacial score (nSPS) is 20.6. The van der Waals surface area contributed by atoms with Crippen LogP contribution in [0.4, 0.5) is 5.69 Å². The van der Waals surface area contributed by atoms with E-state index in [1.54, 1.807) is 0 Å². The van der Waals surface area contributed by atoms with Gasteiger partial charge in [0.1, 0.15) is 0 Å². The van der Waals surface area contributed by atoms with Gasteiger partial charge in [-0.3, -0.25) is 14.6 Å². The minimum absolute atomic E-state index is 0.0986. The van der Waals surface area contributed by atoms with Gasteiger partial charge >= 0.3 is 0 Å². The molecule has 2 fully saturated rings. The van der Waals surface area contributed by atoms with Crippen LogP contribution in [-0.4, -0.2) is 61.6 Å². The number of rotatable bonds is 5. The van der Waals surface area contributed by atoms with Crippen LogP contribution in [0.25, 0.3) is 0 Å². The second-order valence-corrected chi connectivity index (χ2v) is 7.18. The summed E-state index contributed by atoms with van der Waals surface area (Å²) >= 11 is 0. The first-order chi connectivity index (χ1) is 12.3. The van der Waals surface area contributed by atoms with Crippen LogP contribution in [0.5, 0.6) is 0 Å². The van der Waals surface area contributed by atoms with Crippen molar-refractivity contribution in [3.8, 4) is 0 Å². The van der Waals surface area contributed by atoms with Gasteiger partial charge in [-0.2, -0.15) is 0 Å². The highest BCUT2D eigenvalue weighted by Crippen LogP contribution is 2.14. The molecular formula is C20H31N3O2. The molecular weight excluding hydrogens is 314 g/mol. The van der Waals surface area contributed by atoms with Crippen molar-refractivity contribution in [1.82, 2.24) is 9.80 Å². The van der Waals surface area contributed by atoms with Crippen LogP contribution in [0.15, 0.2) is 24.3 Å². The highest BCUT2D eigenvalue weighted by molar-refractivity contribution is 5.92. The Morgan fingerprint density at radius 1 is 0.880 bits per heavy atom. The predicted molar refractivity (Wildman–Crippen MR) is 101 cm³/mol. The smallest absolute Gasteiger partial charge is 0.238 e. The van der Waals surface area contributed by atoms with Crippen molar-refractivity contribution in [2.75, 3.05) is 51.3 Å². The van der Waals surface area contributed by atoms with E-state index >= 15 is 0 Å². The molecule has 2 aliphatic rings. The van der Waals surface area contributed by atoms with E-state index in [0.29, 0.717) is 6.54 Å².